The average Bonchev–Trinajstić information content (AvgIpc) is 2.74. The number of nitrogens with zero attached hydrogens (tertiary/aromatic N) is 2. The van der Waals surface area contributed by atoms with Gasteiger partial charge in [-0.15, -0.1) is 10.2 Å². The fraction of sp³-hybridized carbons (Fsp3) is 0.769. The van der Waals surface area contributed by atoms with Crippen molar-refractivity contribution in [3.63, 3.8) is 0 Å². The molecule has 0 saturated heterocycles. The summed E-state index contributed by atoms with van der Waals surface area (Å²) in [5.41, 5.74) is -0.788. The maximum atomic E-state index is 11.7. The van der Waals surface area contributed by atoms with Gasteiger partial charge in [0.15, 0.2) is 4.34 Å². The molecule has 0 bridgehead atoms. The number of aryl methyl sites for hydroxylation is 1. The molecule has 1 aromatic heterocycles. The van der Waals surface area contributed by atoms with Gasteiger partial charge in [-0.1, -0.05) is 23.1 Å². The predicted octanol–water partition coefficient (Wildman–Crippen LogP) is 2.70. The summed E-state index contributed by atoms with van der Waals surface area (Å²) < 4.78 is 0.943. The number of aliphatic carboxylic acids is 1. The minimum Gasteiger partial charge on any atom is -0.480 e. The number of carboxylic acid groups (broad SMARTS) is 1. The third-order valence-electron chi connectivity index (χ3n) is 3.46. The highest BCUT2D eigenvalue weighted by Crippen LogP contribution is 2.39. The zero-order chi connectivity index (χ0) is 14.8. The van der Waals surface area contributed by atoms with Crippen molar-refractivity contribution < 1.29 is 9.90 Å². The zero-order valence-electron chi connectivity index (χ0n) is 12.0. The van der Waals surface area contributed by atoms with E-state index in [1.165, 1.54) is 0 Å². The summed E-state index contributed by atoms with van der Waals surface area (Å²) >= 11 is 3.25. The molecule has 2 N–H and O–H groups in total. The molecule has 20 heavy (non-hydrogen) atoms. The fourth-order valence-corrected chi connectivity index (χ4v) is 5.14. The molecule has 1 aliphatic carbocycles. The number of hydrogen-bond acceptors (Lipinski definition) is 6. The largest absolute Gasteiger partial charge is 0.480 e. The van der Waals surface area contributed by atoms with Crippen LogP contribution < -0.4 is 5.32 Å². The Morgan fingerprint density at radius 3 is 2.85 bits per heavy atom. The summed E-state index contributed by atoms with van der Waals surface area (Å²) in [7, 11) is 0. The van der Waals surface area contributed by atoms with Gasteiger partial charge in [-0.3, -0.25) is 10.1 Å². The second-order valence-electron chi connectivity index (χ2n) is 5.61. The summed E-state index contributed by atoms with van der Waals surface area (Å²) in [6.45, 7) is 5.93. The lowest BCUT2D eigenvalue weighted by Gasteiger charge is -2.39. The van der Waals surface area contributed by atoms with Crippen molar-refractivity contribution in [2.75, 3.05) is 0 Å². The van der Waals surface area contributed by atoms with E-state index in [1.54, 1.807) is 23.1 Å². The van der Waals surface area contributed by atoms with Crippen LogP contribution >= 0.6 is 23.1 Å². The lowest BCUT2D eigenvalue weighted by atomic mass is 9.81. The average molecular weight is 315 g/mol. The van der Waals surface area contributed by atoms with E-state index in [0.29, 0.717) is 18.1 Å². The Morgan fingerprint density at radius 2 is 2.30 bits per heavy atom. The van der Waals surface area contributed by atoms with Crippen molar-refractivity contribution in [2.45, 2.75) is 67.6 Å². The number of aromatic nitrogens is 2. The number of rotatable bonds is 5. The molecule has 1 aliphatic rings. The van der Waals surface area contributed by atoms with Crippen LogP contribution in [0, 0.1) is 6.92 Å². The van der Waals surface area contributed by atoms with Crippen LogP contribution in [0.25, 0.3) is 0 Å². The number of carbonyl (C=O) groups is 1. The van der Waals surface area contributed by atoms with Crippen molar-refractivity contribution in [1.82, 2.24) is 15.5 Å². The Labute approximate surface area is 127 Å². The van der Waals surface area contributed by atoms with Gasteiger partial charge in [0, 0.05) is 11.3 Å². The Morgan fingerprint density at radius 1 is 1.55 bits per heavy atom. The van der Waals surface area contributed by atoms with Gasteiger partial charge in [-0.25, -0.2) is 0 Å². The van der Waals surface area contributed by atoms with Gasteiger partial charge in [-0.2, -0.15) is 0 Å². The highest BCUT2D eigenvalue weighted by molar-refractivity contribution is 8.01. The molecule has 7 heteroatoms. The molecule has 2 rings (SSSR count). The minimum absolute atomic E-state index is 0.165. The van der Waals surface area contributed by atoms with E-state index in [4.69, 9.17) is 0 Å². The number of nitrogens with one attached hydrogen (secondary N) is 1. The number of thioether (sulfide) groups is 1. The van der Waals surface area contributed by atoms with Gasteiger partial charge >= 0.3 is 5.97 Å². The number of hydrogen-bond donors (Lipinski definition) is 2. The van der Waals surface area contributed by atoms with E-state index in [0.717, 1.165) is 22.2 Å². The molecule has 1 heterocycles. The minimum atomic E-state index is -0.788. The summed E-state index contributed by atoms with van der Waals surface area (Å²) in [6.07, 6.45) is 3.32. The lowest BCUT2D eigenvalue weighted by molar-refractivity contribution is -0.146. The summed E-state index contributed by atoms with van der Waals surface area (Å²) in [4.78, 5) is 11.7. The summed E-state index contributed by atoms with van der Waals surface area (Å²) in [5.74, 6) is -0.732. The van der Waals surface area contributed by atoms with E-state index in [9.17, 15) is 9.90 Å². The molecule has 0 spiro atoms. The first kappa shape index (κ1) is 15.7. The highest BCUT2D eigenvalue weighted by Gasteiger charge is 2.43. The maximum absolute atomic E-state index is 11.7. The van der Waals surface area contributed by atoms with Crippen LogP contribution in [0.3, 0.4) is 0 Å². The molecule has 2 unspecified atom stereocenters. The molecule has 0 radical (unpaired) electrons. The molecule has 5 nitrogen and oxygen atoms in total. The van der Waals surface area contributed by atoms with Gasteiger partial charge in [-0.05, 0) is 46.5 Å². The maximum Gasteiger partial charge on any atom is 0.323 e. The van der Waals surface area contributed by atoms with Crippen molar-refractivity contribution in [3.05, 3.63) is 5.01 Å². The van der Waals surface area contributed by atoms with E-state index in [-0.39, 0.29) is 6.04 Å². The monoisotopic (exact) mass is 315 g/mol. The Bertz CT molecular complexity index is 478. The summed E-state index contributed by atoms with van der Waals surface area (Å²) in [5, 5.41) is 22.3. The van der Waals surface area contributed by atoms with E-state index < -0.39 is 11.5 Å². The molecular formula is C13H21N3O2S2. The van der Waals surface area contributed by atoms with Crippen LogP contribution in [0.2, 0.25) is 0 Å². The summed E-state index contributed by atoms with van der Waals surface area (Å²) in [6, 6.07) is 0.165. The van der Waals surface area contributed by atoms with Gasteiger partial charge < -0.3 is 5.11 Å². The lowest BCUT2D eigenvalue weighted by Crippen LogP contribution is -2.57. The first-order chi connectivity index (χ1) is 9.41. The Hall–Kier alpha value is -0.660. The standard InChI is InChI=1S/C13H21N3O2S2/c1-8(2)14-13(11(17)18)6-4-5-10(7-13)20-12-16-15-9(3)19-12/h8,10,14H,4-7H2,1-3H3,(H,17,18). The topological polar surface area (TPSA) is 75.1 Å². The van der Waals surface area contributed by atoms with Crippen molar-refractivity contribution in [2.24, 2.45) is 0 Å². The normalized spacial score (nSPS) is 26.9. The molecule has 1 fully saturated rings. The van der Waals surface area contributed by atoms with E-state index in [2.05, 4.69) is 15.5 Å². The smallest absolute Gasteiger partial charge is 0.323 e. The van der Waals surface area contributed by atoms with E-state index >= 15 is 0 Å². The zero-order valence-corrected chi connectivity index (χ0v) is 13.7. The molecular weight excluding hydrogens is 294 g/mol. The van der Waals surface area contributed by atoms with Crippen molar-refractivity contribution in [1.29, 1.82) is 0 Å². The molecule has 0 aliphatic heterocycles. The predicted molar refractivity (Wildman–Crippen MR) is 81.4 cm³/mol. The van der Waals surface area contributed by atoms with Crippen LogP contribution in [0.15, 0.2) is 4.34 Å². The second-order valence-corrected chi connectivity index (χ2v) is 8.34. The molecule has 2 atom stereocenters. The second kappa shape index (κ2) is 6.41. The van der Waals surface area contributed by atoms with Crippen LogP contribution in [0.4, 0.5) is 0 Å². The molecule has 1 saturated carbocycles. The first-order valence-corrected chi connectivity index (χ1v) is 8.59. The van der Waals surface area contributed by atoms with Gasteiger partial charge in [0.25, 0.3) is 0 Å². The quantitative estimate of drug-likeness (QED) is 0.870. The molecule has 112 valence electrons. The van der Waals surface area contributed by atoms with Gasteiger partial charge in [0.1, 0.15) is 10.5 Å². The van der Waals surface area contributed by atoms with Crippen molar-refractivity contribution >= 4 is 29.1 Å². The van der Waals surface area contributed by atoms with Crippen LogP contribution in [0.5, 0.6) is 0 Å². The van der Waals surface area contributed by atoms with Crippen LogP contribution in [-0.4, -0.2) is 38.1 Å². The van der Waals surface area contributed by atoms with Crippen molar-refractivity contribution in [3.8, 4) is 0 Å². The van der Waals surface area contributed by atoms with Gasteiger partial charge in [0.05, 0.1) is 0 Å². The van der Waals surface area contributed by atoms with Crippen LogP contribution in [-0.2, 0) is 4.79 Å². The number of carboxylic acids is 1. The van der Waals surface area contributed by atoms with E-state index in [1.807, 2.05) is 20.8 Å². The van der Waals surface area contributed by atoms with Gasteiger partial charge in [0.2, 0.25) is 0 Å². The Balaban J connectivity index is 2.07. The third kappa shape index (κ3) is 3.71. The molecule has 1 aromatic rings. The molecule has 0 amide bonds. The SMILES string of the molecule is Cc1nnc(SC2CCCC(NC(C)C)(C(=O)O)C2)s1. The Kier molecular flexibility index (Phi) is 5.04. The fourth-order valence-electron chi connectivity index (χ4n) is 2.73. The highest BCUT2D eigenvalue weighted by atomic mass is 32.2. The van der Waals surface area contributed by atoms with Crippen LogP contribution in [0.1, 0.15) is 44.5 Å². The third-order valence-corrected chi connectivity index (χ3v) is 5.65. The molecule has 0 aromatic carbocycles. The first-order valence-electron chi connectivity index (χ1n) is 6.89.